The van der Waals surface area contributed by atoms with Crippen LogP contribution in [0.1, 0.15) is 127 Å². The van der Waals surface area contributed by atoms with Gasteiger partial charge in [0.2, 0.25) is 0 Å². The van der Waals surface area contributed by atoms with Crippen molar-refractivity contribution in [2.45, 2.75) is 105 Å². The molecule has 4 atom stereocenters. The molecule has 0 N–H and O–H groups in total. The van der Waals surface area contributed by atoms with Gasteiger partial charge in [0.1, 0.15) is 23.3 Å². The van der Waals surface area contributed by atoms with E-state index in [4.69, 9.17) is 15.0 Å². The van der Waals surface area contributed by atoms with Gasteiger partial charge in [-0.1, -0.05) is 97.9 Å². The average Bonchev–Trinajstić information content (AvgIpc) is 3.15. The monoisotopic (exact) mass is 639 g/mol. The fourth-order valence-corrected chi connectivity index (χ4v) is 5.91. The summed E-state index contributed by atoms with van der Waals surface area (Å²) in [6.07, 6.45) is 8.39. The Morgan fingerprint density at radius 3 is 1.06 bits per heavy atom. The molecular formula is C43H53N5. The molecular weight excluding hydrogens is 587 g/mol. The normalized spacial score (nSPS) is 13.8. The predicted molar refractivity (Wildman–Crippen MR) is 204 cm³/mol. The third-order valence-corrected chi connectivity index (χ3v) is 10.2. The van der Waals surface area contributed by atoms with Gasteiger partial charge in [0, 0.05) is 23.8 Å². The van der Waals surface area contributed by atoms with Crippen molar-refractivity contribution in [2.24, 2.45) is 0 Å². The van der Waals surface area contributed by atoms with Crippen molar-refractivity contribution in [2.75, 3.05) is 9.80 Å². The summed E-state index contributed by atoms with van der Waals surface area (Å²) in [5.74, 6) is 5.18. The summed E-state index contributed by atoms with van der Waals surface area (Å²) in [5.41, 5.74) is 7.21. The second-order valence-corrected chi connectivity index (χ2v) is 13.3. The minimum absolute atomic E-state index is 0.454. The van der Waals surface area contributed by atoms with E-state index >= 15 is 0 Å². The van der Waals surface area contributed by atoms with Crippen LogP contribution in [-0.4, -0.2) is 15.0 Å². The molecule has 48 heavy (non-hydrogen) atoms. The van der Waals surface area contributed by atoms with Crippen molar-refractivity contribution in [3.8, 4) is 0 Å². The maximum atomic E-state index is 5.35. The molecule has 5 rings (SSSR count). The molecule has 0 saturated heterocycles. The molecule has 0 spiro atoms. The lowest BCUT2D eigenvalue weighted by atomic mass is 9.98. The Labute approximate surface area is 289 Å². The standard InChI is InChI=1S/C43H53N5/c1-9-30(5)34-16-22-38(23-17-34)47(40-26-20-36(28-44-40)32(7)11-3)42-14-13-15-43(46-42)48(39-24-18-35(19-25-39)31(6)10-2)41-27-21-37(29-45-41)33(8)12-4/h13-33H,9-12H2,1-8H3. The van der Waals surface area contributed by atoms with Gasteiger partial charge in [-0.3, -0.25) is 9.80 Å². The molecule has 0 aliphatic rings. The molecule has 0 aliphatic carbocycles. The Morgan fingerprint density at radius 2 is 0.750 bits per heavy atom. The van der Waals surface area contributed by atoms with Crippen molar-refractivity contribution in [1.82, 2.24) is 15.0 Å². The minimum atomic E-state index is 0.454. The van der Waals surface area contributed by atoms with Crippen molar-refractivity contribution in [1.29, 1.82) is 0 Å². The number of rotatable bonds is 14. The first kappa shape index (κ1) is 34.8. The Hall–Kier alpha value is -4.51. The minimum Gasteiger partial charge on any atom is -0.279 e. The van der Waals surface area contributed by atoms with Crippen LogP contribution in [0.15, 0.2) is 103 Å². The smallest absolute Gasteiger partial charge is 0.141 e. The van der Waals surface area contributed by atoms with Crippen LogP contribution in [0.25, 0.3) is 0 Å². The first-order valence-electron chi connectivity index (χ1n) is 18.0. The second-order valence-electron chi connectivity index (χ2n) is 13.3. The highest BCUT2D eigenvalue weighted by Gasteiger charge is 2.21. The van der Waals surface area contributed by atoms with Crippen LogP contribution in [0.3, 0.4) is 0 Å². The van der Waals surface area contributed by atoms with Crippen LogP contribution in [0.4, 0.5) is 34.6 Å². The lowest BCUT2D eigenvalue weighted by Gasteiger charge is -2.28. The van der Waals surface area contributed by atoms with Gasteiger partial charge in [-0.2, -0.15) is 0 Å². The average molecular weight is 640 g/mol. The van der Waals surface area contributed by atoms with Crippen molar-refractivity contribution < 1.29 is 0 Å². The zero-order valence-electron chi connectivity index (χ0n) is 30.2. The first-order valence-corrected chi connectivity index (χ1v) is 18.0. The molecule has 5 aromatic rings. The van der Waals surface area contributed by atoms with E-state index in [0.29, 0.717) is 23.7 Å². The molecule has 0 aliphatic heterocycles. The quantitative estimate of drug-likeness (QED) is 0.121. The van der Waals surface area contributed by atoms with Crippen molar-refractivity contribution in [3.05, 3.63) is 126 Å². The van der Waals surface area contributed by atoms with Crippen LogP contribution in [0.5, 0.6) is 0 Å². The maximum absolute atomic E-state index is 5.35. The number of nitrogens with zero attached hydrogens (tertiary/aromatic N) is 5. The number of benzene rings is 2. The highest BCUT2D eigenvalue weighted by atomic mass is 15.3. The molecule has 2 aromatic carbocycles. The molecule has 0 radical (unpaired) electrons. The Kier molecular flexibility index (Phi) is 11.6. The lowest BCUT2D eigenvalue weighted by Crippen LogP contribution is -2.17. The molecule has 4 unspecified atom stereocenters. The molecule has 0 bridgehead atoms. The zero-order valence-corrected chi connectivity index (χ0v) is 30.2. The molecule has 5 nitrogen and oxygen atoms in total. The highest BCUT2D eigenvalue weighted by Crippen LogP contribution is 2.38. The summed E-state index contributed by atoms with van der Waals surface area (Å²) in [6, 6.07) is 32.6. The largest absolute Gasteiger partial charge is 0.279 e. The van der Waals surface area contributed by atoms with Gasteiger partial charge in [0.15, 0.2) is 0 Å². The van der Waals surface area contributed by atoms with E-state index in [1.807, 2.05) is 12.4 Å². The molecule has 0 fully saturated rings. The number of pyridine rings is 3. The summed E-state index contributed by atoms with van der Waals surface area (Å²) >= 11 is 0. The highest BCUT2D eigenvalue weighted by molar-refractivity contribution is 5.77. The van der Waals surface area contributed by atoms with Crippen LogP contribution in [-0.2, 0) is 0 Å². The fraction of sp³-hybridized carbons (Fsp3) is 0.372. The van der Waals surface area contributed by atoms with Crippen LogP contribution < -0.4 is 9.80 Å². The number of hydrogen-bond donors (Lipinski definition) is 0. The molecule has 250 valence electrons. The third-order valence-electron chi connectivity index (χ3n) is 10.2. The Bertz CT molecular complexity index is 1480. The number of aromatic nitrogens is 3. The van der Waals surface area contributed by atoms with Gasteiger partial charge < -0.3 is 0 Å². The van der Waals surface area contributed by atoms with E-state index in [-0.39, 0.29) is 0 Å². The fourth-order valence-electron chi connectivity index (χ4n) is 5.91. The van der Waals surface area contributed by atoms with Gasteiger partial charge in [0.25, 0.3) is 0 Å². The number of hydrogen-bond acceptors (Lipinski definition) is 5. The van der Waals surface area contributed by atoms with Gasteiger partial charge in [-0.15, -0.1) is 0 Å². The zero-order chi connectivity index (χ0) is 34.2. The van der Waals surface area contributed by atoms with Crippen molar-refractivity contribution in [3.63, 3.8) is 0 Å². The van der Waals surface area contributed by atoms with Gasteiger partial charge >= 0.3 is 0 Å². The van der Waals surface area contributed by atoms with Crippen LogP contribution in [0, 0.1) is 0 Å². The summed E-state index contributed by atoms with van der Waals surface area (Å²) in [4.78, 5) is 19.7. The molecule has 0 saturated carbocycles. The van der Waals surface area contributed by atoms with Gasteiger partial charge in [0.05, 0.1) is 0 Å². The van der Waals surface area contributed by atoms with Crippen molar-refractivity contribution >= 4 is 34.6 Å². The van der Waals surface area contributed by atoms with E-state index in [1.54, 1.807) is 0 Å². The van der Waals surface area contributed by atoms with E-state index in [2.05, 4.69) is 156 Å². The maximum Gasteiger partial charge on any atom is 0.141 e. The number of anilines is 6. The molecule has 5 heteroatoms. The van der Waals surface area contributed by atoms with Crippen LogP contribution in [0.2, 0.25) is 0 Å². The molecule has 3 aromatic heterocycles. The Balaban J connectivity index is 1.63. The topological polar surface area (TPSA) is 45.2 Å². The van der Waals surface area contributed by atoms with E-state index < -0.39 is 0 Å². The predicted octanol–water partition coefficient (Wildman–Crippen LogP) is 12.9. The summed E-state index contributed by atoms with van der Waals surface area (Å²) in [6.45, 7) is 18.0. The lowest BCUT2D eigenvalue weighted by molar-refractivity contribution is 0.729. The summed E-state index contributed by atoms with van der Waals surface area (Å²) in [5, 5.41) is 0. The van der Waals surface area contributed by atoms with Gasteiger partial charge in [-0.25, -0.2) is 15.0 Å². The third kappa shape index (κ3) is 7.78. The van der Waals surface area contributed by atoms with E-state index in [0.717, 1.165) is 60.3 Å². The van der Waals surface area contributed by atoms with Gasteiger partial charge in [-0.05, 0) is 120 Å². The first-order chi connectivity index (χ1) is 23.3. The summed E-state index contributed by atoms with van der Waals surface area (Å²) in [7, 11) is 0. The van der Waals surface area contributed by atoms with Crippen LogP contribution >= 0.6 is 0 Å². The summed E-state index contributed by atoms with van der Waals surface area (Å²) < 4.78 is 0. The molecule has 0 amide bonds. The second kappa shape index (κ2) is 16.1. The molecule has 3 heterocycles. The Morgan fingerprint density at radius 1 is 0.417 bits per heavy atom. The SMILES string of the molecule is CCC(C)c1ccc(N(c2ccc(C(C)CC)cn2)c2cccc(N(c3ccc(C(C)CC)cc3)c3ccc(C(C)CC)cn3)n2)cc1. The van der Waals surface area contributed by atoms with E-state index in [9.17, 15) is 0 Å². The van der Waals surface area contributed by atoms with E-state index in [1.165, 1.54) is 22.3 Å².